The Morgan fingerprint density at radius 2 is 1.88 bits per heavy atom. The minimum Gasteiger partial charge on any atom is -0.492 e. The third-order valence-corrected chi connectivity index (χ3v) is 4.05. The highest BCUT2D eigenvalue weighted by molar-refractivity contribution is 5.96. The summed E-state index contributed by atoms with van der Waals surface area (Å²) in [5.74, 6) is 1.48. The lowest BCUT2D eigenvalue weighted by Crippen LogP contribution is -2.31. The standard InChI is InChI=1S/C19H22N4O2/c1-15-6-8-16(9-7-15)25-13-12-21(2)19(24)17-14-20-22(3)18(17)23-10-4-5-11-23/h4-11,14H,12-13H2,1-3H3. The Balaban J connectivity index is 1.64. The Kier molecular flexibility index (Phi) is 4.88. The molecule has 0 aliphatic rings. The fourth-order valence-electron chi connectivity index (χ4n) is 2.61. The highest BCUT2D eigenvalue weighted by Crippen LogP contribution is 2.16. The van der Waals surface area contributed by atoms with Crippen LogP contribution in [0.4, 0.5) is 0 Å². The van der Waals surface area contributed by atoms with Crippen LogP contribution in [0.25, 0.3) is 5.82 Å². The number of hydrogen-bond acceptors (Lipinski definition) is 3. The Labute approximate surface area is 147 Å². The third kappa shape index (κ3) is 3.74. The van der Waals surface area contributed by atoms with Crippen LogP contribution in [-0.2, 0) is 7.05 Å². The van der Waals surface area contributed by atoms with Crippen molar-refractivity contribution < 1.29 is 9.53 Å². The number of carbonyl (C=O) groups excluding carboxylic acids is 1. The van der Waals surface area contributed by atoms with Crippen LogP contribution in [0.1, 0.15) is 15.9 Å². The first-order chi connectivity index (χ1) is 12.1. The van der Waals surface area contributed by atoms with Crippen molar-refractivity contribution >= 4 is 5.91 Å². The maximum Gasteiger partial charge on any atom is 0.259 e. The molecule has 1 amide bonds. The van der Waals surface area contributed by atoms with Gasteiger partial charge in [-0.15, -0.1) is 0 Å². The number of amides is 1. The SMILES string of the molecule is Cc1ccc(OCCN(C)C(=O)c2cnn(C)c2-n2cccc2)cc1. The van der Waals surface area contributed by atoms with Crippen LogP contribution in [0.3, 0.4) is 0 Å². The first kappa shape index (κ1) is 16.8. The smallest absolute Gasteiger partial charge is 0.259 e. The van der Waals surface area contributed by atoms with Crippen molar-refractivity contribution in [1.29, 1.82) is 0 Å². The van der Waals surface area contributed by atoms with Gasteiger partial charge in [0.1, 0.15) is 23.7 Å². The van der Waals surface area contributed by atoms with Gasteiger partial charge in [0.05, 0.1) is 12.7 Å². The monoisotopic (exact) mass is 338 g/mol. The van der Waals surface area contributed by atoms with Crippen molar-refractivity contribution in [3.05, 3.63) is 66.1 Å². The zero-order valence-corrected chi connectivity index (χ0v) is 14.7. The molecule has 0 aliphatic carbocycles. The van der Waals surface area contributed by atoms with Gasteiger partial charge in [-0.2, -0.15) is 5.10 Å². The average molecular weight is 338 g/mol. The molecular formula is C19H22N4O2. The molecule has 2 aromatic heterocycles. The predicted octanol–water partition coefficient (Wildman–Crippen LogP) is 2.67. The fourth-order valence-corrected chi connectivity index (χ4v) is 2.61. The maximum atomic E-state index is 12.8. The first-order valence-corrected chi connectivity index (χ1v) is 8.16. The number of benzene rings is 1. The number of rotatable bonds is 6. The van der Waals surface area contributed by atoms with E-state index in [9.17, 15) is 4.79 Å². The van der Waals surface area contributed by atoms with E-state index in [2.05, 4.69) is 5.10 Å². The number of nitrogens with zero attached hydrogens (tertiary/aromatic N) is 4. The lowest BCUT2D eigenvalue weighted by Gasteiger charge is -2.18. The Morgan fingerprint density at radius 3 is 2.56 bits per heavy atom. The summed E-state index contributed by atoms with van der Waals surface area (Å²) in [6.07, 6.45) is 5.40. The van der Waals surface area contributed by atoms with Crippen molar-refractivity contribution in [2.45, 2.75) is 6.92 Å². The molecule has 0 radical (unpaired) electrons. The lowest BCUT2D eigenvalue weighted by atomic mass is 10.2. The highest BCUT2D eigenvalue weighted by Gasteiger charge is 2.20. The molecule has 3 rings (SSSR count). The van der Waals surface area contributed by atoms with Crippen LogP contribution in [-0.4, -0.2) is 45.4 Å². The summed E-state index contributed by atoms with van der Waals surface area (Å²) in [5.41, 5.74) is 1.75. The maximum absolute atomic E-state index is 12.8. The van der Waals surface area contributed by atoms with Gasteiger partial charge in [0.15, 0.2) is 0 Å². The van der Waals surface area contributed by atoms with E-state index < -0.39 is 0 Å². The molecule has 0 saturated heterocycles. The van der Waals surface area contributed by atoms with E-state index in [0.29, 0.717) is 18.7 Å². The Bertz CT molecular complexity index is 835. The molecule has 0 unspecified atom stereocenters. The molecule has 25 heavy (non-hydrogen) atoms. The van der Waals surface area contributed by atoms with E-state index in [4.69, 9.17) is 4.74 Å². The molecule has 0 atom stereocenters. The first-order valence-electron chi connectivity index (χ1n) is 8.16. The molecule has 0 saturated carbocycles. The summed E-state index contributed by atoms with van der Waals surface area (Å²) in [6.45, 7) is 2.96. The van der Waals surface area contributed by atoms with Crippen LogP contribution >= 0.6 is 0 Å². The Morgan fingerprint density at radius 1 is 1.20 bits per heavy atom. The highest BCUT2D eigenvalue weighted by atomic mass is 16.5. The van der Waals surface area contributed by atoms with Gasteiger partial charge in [0.2, 0.25) is 0 Å². The molecule has 130 valence electrons. The van der Waals surface area contributed by atoms with Crippen LogP contribution < -0.4 is 4.74 Å². The van der Waals surface area contributed by atoms with Crippen molar-refractivity contribution in [2.75, 3.05) is 20.2 Å². The molecule has 1 aromatic carbocycles. The zero-order chi connectivity index (χ0) is 17.8. The molecular weight excluding hydrogens is 316 g/mol. The molecule has 3 aromatic rings. The number of ether oxygens (including phenoxy) is 1. The summed E-state index contributed by atoms with van der Waals surface area (Å²) in [7, 11) is 3.60. The fraction of sp³-hybridized carbons (Fsp3) is 0.263. The second-order valence-electron chi connectivity index (χ2n) is 5.98. The topological polar surface area (TPSA) is 52.3 Å². The van der Waals surface area contributed by atoms with Crippen molar-refractivity contribution in [3.8, 4) is 11.6 Å². The number of aromatic nitrogens is 3. The second-order valence-corrected chi connectivity index (χ2v) is 5.98. The van der Waals surface area contributed by atoms with Gasteiger partial charge in [-0.05, 0) is 31.2 Å². The van der Waals surface area contributed by atoms with Crippen molar-refractivity contribution in [1.82, 2.24) is 19.2 Å². The molecule has 2 heterocycles. The van der Waals surface area contributed by atoms with Gasteiger partial charge in [-0.3, -0.25) is 9.48 Å². The number of likely N-dealkylation sites (N-methyl/N-ethyl adjacent to an activating group) is 1. The summed E-state index contributed by atoms with van der Waals surface area (Å²) in [4.78, 5) is 14.4. The minimum atomic E-state index is -0.0793. The van der Waals surface area contributed by atoms with Gasteiger partial charge < -0.3 is 14.2 Å². The predicted molar refractivity (Wildman–Crippen MR) is 96.2 cm³/mol. The second kappa shape index (κ2) is 7.25. The summed E-state index contributed by atoms with van der Waals surface area (Å²) in [6, 6.07) is 11.7. The van der Waals surface area contributed by atoms with Crippen molar-refractivity contribution in [3.63, 3.8) is 0 Å². The van der Waals surface area contributed by atoms with E-state index in [1.165, 1.54) is 5.56 Å². The van der Waals surface area contributed by atoms with Crippen LogP contribution in [0, 0.1) is 6.92 Å². The van der Waals surface area contributed by atoms with E-state index in [0.717, 1.165) is 11.6 Å². The van der Waals surface area contributed by atoms with Crippen LogP contribution in [0.5, 0.6) is 5.75 Å². The normalized spacial score (nSPS) is 10.7. The average Bonchev–Trinajstić information content (AvgIpc) is 3.25. The molecule has 0 N–H and O–H groups in total. The molecule has 0 fully saturated rings. The van der Waals surface area contributed by atoms with E-state index in [-0.39, 0.29) is 5.91 Å². The van der Waals surface area contributed by atoms with E-state index in [1.54, 1.807) is 22.8 Å². The molecule has 6 nitrogen and oxygen atoms in total. The molecule has 6 heteroatoms. The quantitative estimate of drug-likeness (QED) is 0.694. The molecule has 0 spiro atoms. The largest absolute Gasteiger partial charge is 0.492 e. The van der Waals surface area contributed by atoms with Gasteiger partial charge in [0.25, 0.3) is 5.91 Å². The number of hydrogen-bond donors (Lipinski definition) is 0. The van der Waals surface area contributed by atoms with Crippen LogP contribution in [0.15, 0.2) is 55.0 Å². The summed E-state index contributed by atoms with van der Waals surface area (Å²) in [5, 5.41) is 4.23. The summed E-state index contributed by atoms with van der Waals surface area (Å²) >= 11 is 0. The van der Waals surface area contributed by atoms with Crippen molar-refractivity contribution in [2.24, 2.45) is 7.05 Å². The molecule has 0 bridgehead atoms. The van der Waals surface area contributed by atoms with Gasteiger partial charge >= 0.3 is 0 Å². The zero-order valence-electron chi connectivity index (χ0n) is 14.7. The van der Waals surface area contributed by atoms with Gasteiger partial charge in [0, 0.05) is 26.5 Å². The third-order valence-electron chi connectivity index (χ3n) is 4.05. The number of aryl methyl sites for hydroxylation is 2. The van der Waals surface area contributed by atoms with E-state index in [1.807, 2.05) is 67.3 Å². The summed E-state index contributed by atoms with van der Waals surface area (Å²) < 4.78 is 9.29. The van der Waals surface area contributed by atoms with Gasteiger partial charge in [-0.1, -0.05) is 17.7 Å². The lowest BCUT2D eigenvalue weighted by molar-refractivity contribution is 0.0773. The Hall–Kier alpha value is -3.02. The minimum absolute atomic E-state index is 0.0793. The molecule has 0 aliphatic heterocycles. The number of carbonyl (C=O) groups is 1. The van der Waals surface area contributed by atoms with E-state index >= 15 is 0 Å². The van der Waals surface area contributed by atoms with Crippen LogP contribution in [0.2, 0.25) is 0 Å². The van der Waals surface area contributed by atoms with Gasteiger partial charge in [-0.25, -0.2) is 0 Å².